The van der Waals surface area contributed by atoms with E-state index in [1.165, 1.54) is 52.0 Å². The van der Waals surface area contributed by atoms with Crippen LogP contribution in [0.25, 0.3) is 0 Å². The van der Waals surface area contributed by atoms with Crippen LogP contribution in [0.5, 0.6) is 0 Å². The maximum Gasteiger partial charge on any atom is -0.0195 e. The third-order valence-electron chi connectivity index (χ3n) is 4.75. The average molecular weight is 225 g/mol. The molecule has 0 amide bonds. The molecule has 1 nitrogen and oxygen atoms in total. The van der Waals surface area contributed by atoms with Crippen LogP contribution in [-0.2, 0) is 0 Å². The summed E-state index contributed by atoms with van der Waals surface area (Å²) in [5, 5.41) is 0. The maximum absolute atomic E-state index is 4.50. The molecule has 2 unspecified atom stereocenters. The summed E-state index contributed by atoms with van der Waals surface area (Å²) in [5.41, 5.74) is 4.50. The molecule has 0 aromatic carbocycles. The second kappa shape index (κ2) is 8.11. The summed E-state index contributed by atoms with van der Waals surface area (Å²) in [6, 6.07) is 0. The normalized spacial score (nSPS) is 31.7. The van der Waals surface area contributed by atoms with Crippen LogP contribution in [0.1, 0.15) is 71.1 Å². The summed E-state index contributed by atoms with van der Waals surface area (Å²) >= 11 is 0. The molecular weight excluding hydrogens is 194 g/mol. The molecule has 2 aliphatic carbocycles. The van der Waals surface area contributed by atoms with Gasteiger partial charge in [-0.05, 0) is 31.2 Å². The number of rotatable bonds is 2. The van der Waals surface area contributed by atoms with Crippen LogP contribution in [0.2, 0.25) is 0 Å². The van der Waals surface area contributed by atoms with Crippen molar-refractivity contribution in [3.8, 4) is 0 Å². The lowest BCUT2D eigenvalue weighted by Crippen LogP contribution is -2.28. The molecule has 0 radical (unpaired) electrons. The van der Waals surface area contributed by atoms with Crippen molar-refractivity contribution in [1.82, 2.24) is 0 Å². The minimum atomic E-state index is 1.09. The first-order chi connectivity index (χ1) is 7.92. The fraction of sp³-hybridized carbons (Fsp3) is 1.00. The van der Waals surface area contributed by atoms with Gasteiger partial charge in [0.25, 0.3) is 0 Å². The second-order valence-electron chi connectivity index (χ2n) is 5.51. The highest BCUT2D eigenvalue weighted by atomic mass is 14.4. The van der Waals surface area contributed by atoms with Crippen molar-refractivity contribution in [2.24, 2.45) is 23.5 Å². The average Bonchev–Trinajstić information content (AvgIpc) is 2.42. The zero-order chi connectivity index (χ0) is 11.8. The molecule has 2 aliphatic rings. The zero-order valence-corrected chi connectivity index (χ0v) is 11.4. The molecule has 16 heavy (non-hydrogen) atoms. The molecule has 2 rings (SSSR count). The standard InChI is InChI=1S/C14H26.CH5N/c1-2-12-8-6-7-11-14(12)13-9-4-3-5-10-13;1-2/h12-14H,2-11H2,1H3;2H2,1H3. The lowest BCUT2D eigenvalue weighted by atomic mass is 9.67. The highest BCUT2D eigenvalue weighted by Crippen LogP contribution is 2.42. The van der Waals surface area contributed by atoms with Gasteiger partial charge in [-0.25, -0.2) is 0 Å². The zero-order valence-electron chi connectivity index (χ0n) is 11.4. The molecule has 2 atom stereocenters. The topological polar surface area (TPSA) is 26.0 Å². The van der Waals surface area contributed by atoms with Gasteiger partial charge in [0.2, 0.25) is 0 Å². The van der Waals surface area contributed by atoms with Crippen molar-refractivity contribution < 1.29 is 0 Å². The van der Waals surface area contributed by atoms with Crippen molar-refractivity contribution >= 4 is 0 Å². The highest BCUT2D eigenvalue weighted by Gasteiger charge is 2.31. The third kappa shape index (κ3) is 3.76. The van der Waals surface area contributed by atoms with Crippen LogP contribution in [0, 0.1) is 17.8 Å². The number of hydrogen-bond donors (Lipinski definition) is 1. The van der Waals surface area contributed by atoms with E-state index in [0.717, 1.165) is 17.8 Å². The maximum atomic E-state index is 4.50. The Hall–Kier alpha value is -0.0400. The molecule has 0 saturated heterocycles. The molecule has 0 aromatic rings. The Morgan fingerprint density at radius 3 is 2.00 bits per heavy atom. The third-order valence-corrected chi connectivity index (χ3v) is 4.75. The van der Waals surface area contributed by atoms with E-state index in [9.17, 15) is 0 Å². The van der Waals surface area contributed by atoms with Gasteiger partial charge in [0, 0.05) is 0 Å². The quantitative estimate of drug-likeness (QED) is 0.742. The molecule has 0 spiro atoms. The molecular formula is C15H31N. The molecule has 0 aromatic heterocycles. The van der Waals surface area contributed by atoms with Gasteiger partial charge in [-0.1, -0.05) is 64.7 Å². The monoisotopic (exact) mass is 225 g/mol. The molecule has 0 bridgehead atoms. The van der Waals surface area contributed by atoms with E-state index >= 15 is 0 Å². The van der Waals surface area contributed by atoms with Gasteiger partial charge in [0.1, 0.15) is 0 Å². The van der Waals surface area contributed by atoms with Crippen LogP contribution >= 0.6 is 0 Å². The van der Waals surface area contributed by atoms with Crippen molar-refractivity contribution in [1.29, 1.82) is 0 Å². The highest BCUT2D eigenvalue weighted by molar-refractivity contribution is 4.82. The smallest absolute Gasteiger partial charge is 0.0195 e. The molecule has 2 saturated carbocycles. The molecule has 0 aliphatic heterocycles. The van der Waals surface area contributed by atoms with Crippen molar-refractivity contribution in [3.05, 3.63) is 0 Å². The van der Waals surface area contributed by atoms with E-state index in [1.807, 2.05) is 0 Å². The summed E-state index contributed by atoms with van der Waals surface area (Å²) in [5.74, 6) is 3.33. The fourth-order valence-corrected chi connectivity index (χ4v) is 3.93. The lowest BCUT2D eigenvalue weighted by Gasteiger charge is -2.38. The number of hydrogen-bond acceptors (Lipinski definition) is 1. The first-order valence-corrected chi connectivity index (χ1v) is 7.49. The van der Waals surface area contributed by atoms with Gasteiger partial charge in [-0.2, -0.15) is 0 Å². The minimum Gasteiger partial charge on any atom is -0.333 e. The molecule has 0 heterocycles. The van der Waals surface area contributed by atoms with E-state index in [1.54, 1.807) is 19.3 Å². The Balaban J connectivity index is 0.000000606. The Kier molecular flexibility index (Phi) is 7.11. The Bertz CT molecular complexity index is 161. The fourth-order valence-electron chi connectivity index (χ4n) is 3.93. The molecule has 2 N–H and O–H groups in total. The Morgan fingerprint density at radius 1 is 0.812 bits per heavy atom. The van der Waals surface area contributed by atoms with Crippen LogP contribution in [-0.4, -0.2) is 7.05 Å². The van der Waals surface area contributed by atoms with Crippen LogP contribution in [0.15, 0.2) is 0 Å². The second-order valence-corrected chi connectivity index (χ2v) is 5.51. The van der Waals surface area contributed by atoms with Gasteiger partial charge < -0.3 is 5.73 Å². The lowest BCUT2D eigenvalue weighted by molar-refractivity contribution is 0.125. The van der Waals surface area contributed by atoms with Gasteiger partial charge in [0.05, 0.1) is 0 Å². The predicted octanol–water partition coefficient (Wildman–Crippen LogP) is 4.36. The van der Waals surface area contributed by atoms with Crippen molar-refractivity contribution in [2.45, 2.75) is 71.1 Å². The summed E-state index contributed by atoms with van der Waals surface area (Å²) in [6.07, 6.45) is 15.3. The molecule has 2 fully saturated rings. The summed E-state index contributed by atoms with van der Waals surface area (Å²) in [4.78, 5) is 0. The van der Waals surface area contributed by atoms with Gasteiger partial charge >= 0.3 is 0 Å². The van der Waals surface area contributed by atoms with Gasteiger partial charge in [-0.3, -0.25) is 0 Å². The first-order valence-electron chi connectivity index (χ1n) is 7.49. The summed E-state index contributed by atoms with van der Waals surface area (Å²) in [7, 11) is 1.50. The van der Waals surface area contributed by atoms with Crippen LogP contribution < -0.4 is 5.73 Å². The van der Waals surface area contributed by atoms with Crippen LogP contribution in [0.3, 0.4) is 0 Å². The predicted molar refractivity (Wildman–Crippen MR) is 72.4 cm³/mol. The van der Waals surface area contributed by atoms with Crippen molar-refractivity contribution in [3.63, 3.8) is 0 Å². The molecule has 96 valence electrons. The van der Waals surface area contributed by atoms with E-state index in [4.69, 9.17) is 0 Å². The largest absolute Gasteiger partial charge is 0.333 e. The van der Waals surface area contributed by atoms with Crippen molar-refractivity contribution in [2.75, 3.05) is 7.05 Å². The first kappa shape index (κ1) is 14.0. The van der Waals surface area contributed by atoms with E-state index in [2.05, 4.69) is 12.7 Å². The van der Waals surface area contributed by atoms with E-state index in [-0.39, 0.29) is 0 Å². The minimum absolute atomic E-state index is 1.09. The Morgan fingerprint density at radius 2 is 1.38 bits per heavy atom. The van der Waals surface area contributed by atoms with Gasteiger partial charge in [0.15, 0.2) is 0 Å². The molecule has 1 heteroatoms. The van der Waals surface area contributed by atoms with Gasteiger partial charge in [-0.15, -0.1) is 0 Å². The number of nitrogens with two attached hydrogens (primary N) is 1. The van der Waals surface area contributed by atoms with E-state index in [0.29, 0.717) is 0 Å². The van der Waals surface area contributed by atoms with Crippen LogP contribution in [0.4, 0.5) is 0 Å². The summed E-state index contributed by atoms with van der Waals surface area (Å²) in [6.45, 7) is 2.41. The van der Waals surface area contributed by atoms with E-state index < -0.39 is 0 Å². The summed E-state index contributed by atoms with van der Waals surface area (Å²) < 4.78 is 0. The SMILES string of the molecule is CCC1CCCCC1C1CCCCC1.CN. The Labute approximate surface area is 102 Å².